The van der Waals surface area contributed by atoms with Crippen LogP contribution < -0.4 is 5.56 Å². The van der Waals surface area contributed by atoms with Crippen molar-refractivity contribution in [3.8, 4) is 0 Å². The molecule has 1 fully saturated rings. The minimum Gasteiger partial charge on any atom is -0.385 e. The SMILES string of the molecule is O=C(c1cccn2c(=O)c3ccccc3nc12)N1CCC(O)(c2cccc(C(F)(F)F)c2)CC1. The van der Waals surface area contributed by atoms with E-state index in [9.17, 15) is 27.9 Å². The topological polar surface area (TPSA) is 74.9 Å². The lowest BCUT2D eigenvalue weighted by Gasteiger charge is -2.38. The van der Waals surface area contributed by atoms with Crippen LogP contribution >= 0.6 is 0 Å². The number of hydrogen-bond acceptors (Lipinski definition) is 4. The van der Waals surface area contributed by atoms with E-state index in [1.165, 1.54) is 21.4 Å². The molecule has 3 heterocycles. The number of fused-ring (bicyclic) bond motifs is 2. The van der Waals surface area contributed by atoms with E-state index in [2.05, 4.69) is 4.98 Å². The molecule has 1 amide bonds. The van der Waals surface area contributed by atoms with Crippen LogP contribution in [0.3, 0.4) is 0 Å². The minimum absolute atomic E-state index is 0.0844. The molecule has 6 nitrogen and oxygen atoms in total. The quantitative estimate of drug-likeness (QED) is 0.453. The fourth-order valence-corrected chi connectivity index (χ4v) is 4.46. The second-order valence-electron chi connectivity index (χ2n) is 8.45. The number of para-hydroxylation sites is 1. The van der Waals surface area contributed by atoms with Crippen molar-refractivity contribution in [1.82, 2.24) is 14.3 Å². The van der Waals surface area contributed by atoms with Crippen LogP contribution in [0.2, 0.25) is 0 Å². The lowest BCUT2D eigenvalue weighted by molar-refractivity contribution is -0.137. The summed E-state index contributed by atoms with van der Waals surface area (Å²) in [6.07, 6.45) is -2.79. The number of aliphatic hydroxyl groups is 1. The van der Waals surface area contributed by atoms with Crippen molar-refractivity contribution < 1.29 is 23.1 Å². The zero-order valence-corrected chi connectivity index (χ0v) is 17.9. The molecule has 0 radical (unpaired) electrons. The van der Waals surface area contributed by atoms with E-state index in [0.29, 0.717) is 10.9 Å². The summed E-state index contributed by atoms with van der Waals surface area (Å²) >= 11 is 0. The number of benzene rings is 2. The van der Waals surface area contributed by atoms with E-state index < -0.39 is 17.3 Å². The molecule has 1 aliphatic heterocycles. The normalized spacial score (nSPS) is 16.2. The number of aromatic nitrogens is 2. The summed E-state index contributed by atoms with van der Waals surface area (Å²) in [7, 11) is 0. The molecule has 174 valence electrons. The third-order valence-electron chi connectivity index (χ3n) is 6.38. The molecular formula is C25H20F3N3O3. The zero-order valence-electron chi connectivity index (χ0n) is 17.9. The summed E-state index contributed by atoms with van der Waals surface area (Å²) in [6, 6.07) is 14.7. The van der Waals surface area contributed by atoms with Gasteiger partial charge in [0.2, 0.25) is 0 Å². The van der Waals surface area contributed by atoms with Crippen LogP contribution in [-0.4, -0.2) is 38.4 Å². The summed E-state index contributed by atoms with van der Waals surface area (Å²) in [4.78, 5) is 32.2. The molecule has 0 spiro atoms. The van der Waals surface area contributed by atoms with Gasteiger partial charge in [-0.05, 0) is 54.8 Å². The Labute approximate surface area is 191 Å². The maximum atomic E-state index is 13.3. The number of amides is 1. The Kier molecular flexibility index (Phi) is 5.16. The summed E-state index contributed by atoms with van der Waals surface area (Å²) < 4.78 is 40.6. The molecule has 0 unspecified atom stereocenters. The summed E-state index contributed by atoms with van der Waals surface area (Å²) in [5.74, 6) is -0.355. The lowest BCUT2D eigenvalue weighted by Crippen LogP contribution is -2.45. The number of rotatable bonds is 2. The Morgan fingerprint density at radius 2 is 1.74 bits per heavy atom. The molecule has 5 rings (SSSR count). The number of likely N-dealkylation sites (tertiary alicyclic amines) is 1. The Morgan fingerprint density at radius 1 is 1.00 bits per heavy atom. The highest BCUT2D eigenvalue weighted by molar-refractivity contribution is 6.00. The summed E-state index contributed by atoms with van der Waals surface area (Å²) in [6.45, 7) is 0.287. The first-order chi connectivity index (χ1) is 16.2. The van der Waals surface area contributed by atoms with Crippen molar-refractivity contribution in [1.29, 1.82) is 0 Å². The molecule has 1 N–H and O–H groups in total. The van der Waals surface area contributed by atoms with Crippen LogP contribution in [0.5, 0.6) is 0 Å². The lowest BCUT2D eigenvalue weighted by atomic mass is 9.83. The maximum Gasteiger partial charge on any atom is 0.416 e. The van der Waals surface area contributed by atoms with Crippen molar-refractivity contribution in [2.45, 2.75) is 24.6 Å². The van der Waals surface area contributed by atoms with Gasteiger partial charge in [-0.1, -0.05) is 24.3 Å². The average Bonchev–Trinajstić information content (AvgIpc) is 2.84. The molecule has 2 aromatic heterocycles. The maximum absolute atomic E-state index is 13.3. The van der Waals surface area contributed by atoms with Crippen LogP contribution in [-0.2, 0) is 11.8 Å². The van der Waals surface area contributed by atoms with Crippen LogP contribution in [0.4, 0.5) is 13.2 Å². The van der Waals surface area contributed by atoms with Gasteiger partial charge in [0.15, 0.2) is 5.65 Å². The highest BCUT2D eigenvalue weighted by Gasteiger charge is 2.38. The molecule has 2 aromatic carbocycles. The molecule has 9 heteroatoms. The van der Waals surface area contributed by atoms with Crippen molar-refractivity contribution in [2.75, 3.05) is 13.1 Å². The van der Waals surface area contributed by atoms with Crippen molar-refractivity contribution >= 4 is 22.5 Å². The number of halogens is 3. The molecule has 0 aliphatic carbocycles. The van der Waals surface area contributed by atoms with Crippen LogP contribution in [0.15, 0.2) is 71.7 Å². The van der Waals surface area contributed by atoms with Crippen molar-refractivity contribution in [2.24, 2.45) is 0 Å². The molecule has 1 aliphatic rings. The monoisotopic (exact) mass is 467 g/mol. The minimum atomic E-state index is -4.51. The van der Waals surface area contributed by atoms with Crippen LogP contribution in [0.1, 0.15) is 34.3 Å². The number of nitrogens with zero attached hydrogens (tertiary/aromatic N) is 3. The fourth-order valence-electron chi connectivity index (χ4n) is 4.46. The average molecular weight is 467 g/mol. The van der Waals surface area contributed by atoms with Gasteiger partial charge in [0.25, 0.3) is 11.5 Å². The smallest absolute Gasteiger partial charge is 0.385 e. The number of piperidine rings is 1. The van der Waals surface area contributed by atoms with E-state index >= 15 is 0 Å². The van der Waals surface area contributed by atoms with E-state index in [-0.39, 0.29) is 54.2 Å². The highest BCUT2D eigenvalue weighted by atomic mass is 19.4. The molecule has 1 saturated heterocycles. The van der Waals surface area contributed by atoms with Gasteiger partial charge in [-0.15, -0.1) is 0 Å². The number of carbonyl (C=O) groups excluding carboxylic acids is 1. The predicted molar refractivity (Wildman–Crippen MR) is 119 cm³/mol. The Hall–Kier alpha value is -3.72. The molecule has 0 bridgehead atoms. The van der Waals surface area contributed by atoms with Gasteiger partial charge in [0.1, 0.15) is 0 Å². The second-order valence-corrected chi connectivity index (χ2v) is 8.45. The second kappa shape index (κ2) is 7.95. The largest absolute Gasteiger partial charge is 0.416 e. The van der Waals surface area contributed by atoms with Gasteiger partial charge in [0.05, 0.1) is 27.6 Å². The molecular weight excluding hydrogens is 447 g/mol. The Morgan fingerprint density at radius 3 is 2.47 bits per heavy atom. The van der Waals surface area contributed by atoms with Gasteiger partial charge in [0, 0.05) is 19.3 Å². The third kappa shape index (κ3) is 3.71. The summed E-state index contributed by atoms with van der Waals surface area (Å²) in [5.41, 5.74) is -1.44. The molecule has 0 atom stereocenters. The van der Waals surface area contributed by atoms with Crippen molar-refractivity contribution in [3.05, 3.63) is 93.9 Å². The van der Waals surface area contributed by atoms with E-state index in [4.69, 9.17) is 0 Å². The van der Waals surface area contributed by atoms with Gasteiger partial charge >= 0.3 is 6.18 Å². The highest BCUT2D eigenvalue weighted by Crippen LogP contribution is 2.37. The first-order valence-corrected chi connectivity index (χ1v) is 10.8. The fraction of sp³-hybridized carbons (Fsp3) is 0.240. The van der Waals surface area contributed by atoms with E-state index in [0.717, 1.165) is 12.1 Å². The Bertz CT molecular complexity index is 1470. The predicted octanol–water partition coefficient (Wildman–Crippen LogP) is 3.99. The standard InChI is InChI=1S/C25H20F3N3O3/c26-25(27,28)17-6-3-5-16(15-17)24(34)10-13-30(14-11-24)22(32)19-8-4-12-31-21(19)29-20-9-2-1-7-18(20)23(31)33/h1-9,12,15,34H,10-11,13-14H2. The van der Waals surface area contributed by atoms with Crippen molar-refractivity contribution in [3.63, 3.8) is 0 Å². The number of carbonyl (C=O) groups is 1. The number of alkyl halides is 3. The molecule has 4 aromatic rings. The number of hydrogen-bond donors (Lipinski definition) is 1. The molecule has 0 saturated carbocycles. The van der Waals surface area contributed by atoms with Crippen LogP contribution in [0.25, 0.3) is 16.6 Å². The zero-order chi connectivity index (χ0) is 24.1. The van der Waals surface area contributed by atoms with Gasteiger partial charge < -0.3 is 10.0 Å². The Balaban J connectivity index is 1.43. The third-order valence-corrected chi connectivity index (χ3v) is 6.38. The van der Waals surface area contributed by atoms with Gasteiger partial charge in [-0.2, -0.15) is 13.2 Å². The van der Waals surface area contributed by atoms with E-state index in [1.807, 2.05) is 0 Å². The van der Waals surface area contributed by atoms with E-state index in [1.54, 1.807) is 42.6 Å². The molecule has 34 heavy (non-hydrogen) atoms. The van der Waals surface area contributed by atoms with Crippen LogP contribution in [0, 0.1) is 0 Å². The summed E-state index contributed by atoms with van der Waals surface area (Å²) in [5, 5.41) is 11.5. The van der Waals surface area contributed by atoms with Gasteiger partial charge in [-0.25, -0.2) is 4.98 Å². The van der Waals surface area contributed by atoms with Gasteiger partial charge in [-0.3, -0.25) is 14.0 Å². The number of pyridine rings is 1. The first-order valence-electron chi connectivity index (χ1n) is 10.8. The first kappa shape index (κ1) is 22.1.